The number of benzene rings is 2. The molecule has 1 atom stereocenters. The maximum absolute atomic E-state index is 13.3. The molecule has 1 unspecified atom stereocenters. The lowest BCUT2D eigenvalue weighted by atomic mass is 10.1. The summed E-state index contributed by atoms with van der Waals surface area (Å²) in [6, 6.07) is 11.8. The number of methoxy groups -OCH3 is 1. The summed E-state index contributed by atoms with van der Waals surface area (Å²) in [6.45, 7) is 4.20. The van der Waals surface area contributed by atoms with Gasteiger partial charge in [-0.05, 0) is 49.1 Å². The Morgan fingerprint density at radius 2 is 1.86 bits per heavy atom. The summed E-state index contributed by atoms with van der Waals surface area (Å²) in [4.78, 5) is 27.4. The van der Waals surface area contributed by atoms with Gasteiger partial charge in [-0.3, -0.25) is 13.9 Å². The number of hydrogen-bond acceptors (Lipinski definition) is 5. The number of sulfonamides is 1. The Labute approximate surface area is 213 Å². The fourth-order valence-electron chi connectivity index (χ4n) is 3.87. The number of aryl methyl sites for hydroxylation is 1. The Kier molecular flexibility index (Phi) is 10.4. The van der Waals surface area contributed by atoms with Gasteiger partial charge >= 0.3 is 0 Å². The molecule has 0 saturated heterocycles. The van der Waals surface area contributed by atoms with Crippen molar-refractivity contribution in [2.24, 2.45) is 0 Å². The third kappa shape index (κ3) is 7.60. The zero-order valence-corrected chi connectivity index (χ0v) is 22.4. The van der Waals surface area contributed by atoms with E-state index in [1.807, 2.05) is 38.1 Å². The fourth-order valence-corrected chi connectivity index (χ4v) is 5.08. The van der Waals surface area contributed by atoms with Crippen molar-refractivity contribution in [1.82, 2.24) is 10.2 Å². The van der Waals surface area contributed by atoms with Gasteiger partial charge in [-0.2, -0.15) is 0 Å². The topological polar surface area (TPSA) is 96.0 Å². The lowest BCUT2D eigenvalue weighted by Crippen LogP contribution is -2.48. The molecule has 0 heterocycles. The summed E-state index contributed by atoms with van der Waals surface area (Å²) in [6.07, 6.45) is 1.91. The predicted octanol–water partition coefficient (Wildman–Crippen LogP) is 3.76. The Hall–Kier alpha value is -2.78. The zero-order valence-electron chi connectivity index (χ0n) is 20.9. The van der Waals surface area contributed by atoms with Gasteiger partial charge in [-0.15, -0.1) is 0 Å². The van der Waals surface area contributed by atoms with Crippen LogP contribution in [0.1, 0.15) is 37.3 Å². The van der Waals surface area contributed by atoms with Crippen LogP contribution in [0.15, 0.2) is 42.5 Å². The molecule has 10 heteroatoms. The molecule has 2 amide bonds. The first-order valence-electron chi connectivity index (χ1n) is 11.4. The molecule has 0 aliphatic heterocycles. The van der Waals surface area contributed by atoms with Crippen LogP contribution in [0.4, 0.5) is 5.69 Å². The number of rotatable bonds is 12. The number of carbonyl (C=O) groups is 2. The highest BCUT2D eigenvalue weighted by Crippen LogP contribution is 2.30. The van der Waals surface area contributed by atoms with Crippen LogP contribution in [0.3, 0.4) is 0 Å². The molecule has 0 fully saturated rings. The fraction of sp³-hybridized carbons (Fsp3) is 0.440. The molecule has 2 aromatic carbocycles. The van der Waals surface area contributed by atoms with E-state index in [0.717, 1.165) is 17.4 Å². The first-order valence-corrected chi connectivity index (χ1v) is 13.6. The molecule has 0 spiro atoms. The molecule has 192 valence electrons. The number of hydrogen-bond donors (Lipinski definition) is 1. The largest absolute Gasteiger partial charge is 0.495 e. The average molecular weight is 524 g/mol. The number of likely N-dealkylation sites (N-methyl/N-ethyl adjacent to an activating group) is 1. The van der Waals surface area contributed by atoms with Crippen LogP contribution in [-0.2, 0) is 26.2 Å². The van der Waals surface area contributed by atoms with Gasteiger partial charge in [-0.25, -0.2) is 8.42 Å². The van der Waals surface area contributed by atoms with Gasteiger partial charge < -0.3 is 15.0 Å². The molecule has 0 aliphatic rings. The molecule has 0 radical (unpaired) electrons. The van der Waals surface area contributed by atoms with Crippen molar-refractivity contribution in [3.05, 3.63) is 58.6 Å². The van der Waals surface area contributed by atoms with E-state index < -0.39 is 16.1 Å². The van der Waals surface area contributed by atoms with Gasteiger partial charge in [0.05, 0.1) is 24.1 Å². The number of nitrogens with one attached hydrogen (secondary N) is 1. The van der Waals surface area contributed by atoms with Crippen molar-refractivity contribution in [1.29, 1.82) is 0 Å². The summed E-state index contributed by atoms with van der Waals surface area (Å²) < 4.78 is 31.3. The second-order valence-corrected chi connectivity index (χ2v) is 10.6. The van der Waals surface area contributed by atoms with Gasteiger partial charge in [0.1, 0.15) is 11.8 Å². The third-order valence-corrected chi connectivity index (χ3v) is 7.30. The van der Waals surface area contributed by atoms with E-state index in [1.165, 1.54) is 17.5 Å². The van der Waals surface area contributed by atoms with Gasteiger partial charge in [0, 0.05) is 26.6 Å². The van der Waals surface area contributed by atoms with E-state index in [4.69, 9.17) is 16.3 Å². The van der Waals surface area contributed by atoms with Crippen LogP contribution in [0.25, 0.3) is 0 Å². The molecule has 8 nitrogen and oxygen atoms in total. The van der Waals surface area contributed by atoms with Gasteiger partial charge in [0.25, 0.3) is 0 Å². The summed E-state index contributed by atoms with van der Waals surface area (Å²) in [5.74, 6) is -0.0179. The molecule has 35 heavy (non-hydrogen) atoms. The highest BCUT2D eigenvalue weighted by atomic mass is 35.5. The minimum absolute atomic E-state index is 0.0787. The summed E-state index contributed by atoms with van der Waals surface area (Å²) in [5, 5.41) is 2.93. The maximum Gasteiger partial charge on any atom is 0.242 e. The number of halogens is 1. The zero-order chi connectivity index (χ0) is 26.2. The summed E-state index contributed by atoms with van der Waals surface area (Å²) >= 11 is 6.19. The second kappa shape index (κ2) is 12.8. The van der Waals surface area contributed by atoms with Gasteiger partial charge in [0.15, 0.2) is 0 Å². The molecule has 0 bridgehead atoms. The van der Waals surface area contributed by atoms with Crippen molar-refractivity contribution < 1.29 is 22.7 Å². The highest BCUT2D eigenvalue weighted by Gasteiger charge is 2.28. The van der Waals surface area contributed by atoms with Crippen LogP contribution < -0.4 is 14.4 Å². The van der Waals surface area contributed by atoms with Crippen LogP contribution in [-0.4, -0.2) is 58.1 Å². The molecule has 0 saturated carbocycles. The van der Waals surface area contributed by atoms with Crippen molar-refractivity contribution in [2.45, 2.75) is 45.7 Å². The second-order valence-electron chi connectivity index (χ2n) is 8.24. The first-order chi connectivity index (χ1) is 16.5. The van der Waals surface area contributed by atoms with E-state index in [0.29, 0.717) is 24.4 Å². The van der Waals surface area contributed by atoms with Crippen LogP contribution in [0, 0.1) is 6.92 Å². The smallest absolute Gasteiger partial charge is 0.242 e. The van der Waals surface area contributed by atoms with E-state index in [1.54, 1.807) is 24.1 Å². The maximum atomic E-state index is 13.3. The lowest BCUT2D eigenvalue weighted by molar-refractivity contribution is -0.141. The Balaban J connectivity index is 2.22. The quantitative estimate of drug-likeness (QED) is 0.457. The Bertz CT molecular complexity index is 1140. The number of amides is 2. The van der Waals surface area contributed by atoms with Crippen LogP contribution in [0.2, 0.25) is 5.02 Å². The summed E-state index contributed by atoms with van der Waals surface area (Å²) in [7, 11) is -0.595. The Morgan fingerprint density at radius 3 is 2.40 bits per heavy atom. The van der Waals surface area contributed by atoms with Gasteiger partial charge in [0.2, 0.25) is 21.8 Å². The lowest BCUT2D eigenvalue weighted by Gasteiger charge is -2.31. The third-order valence-electron chi connectivity index (χ3n) is 5.81. The normalized spacial score (nSPS) is 12.1. The molecular formula is C25H34ClN3O5S. The van der Waals surface area contributed by atoms with Crippen molar-refractivity contribution in [3.63, 3.8) is 0 Å². The van der Waals surface area contributed by atoms with Crippen LogP contribution in [0.5, 0.6) is 5.75 Å². The van der Waals surface area contributed by atoms with E-state index in [9.17, 15) is 18.0 Å². The SMILES string of the molecule is CCC(C(=O)NC)N(Cc1ccccc1C)C(=O)CCCN(c1ccc(OC)c(Cl)c1)S(C)(=O)=O. The molecule has 0 aliphatic carbocycles. The predicted molar refractivity (Wildman–Crippen MR) is 139 cm³/mol. The van der Waals surface area contributed by atoms with E-state index >= 15 is 0 Å². The Morgan fingerprint density at radius 1 is 1.17 bits per heavy atom. The van der Waals surface area contributed by atoms with Gasteiger partial charge in [-0.1, -0.05) is 42.8 Å². The average Bonchev–Trinajstić information content (AvgIpc) is 2.81. The number of nitrogens with zero attached hydrogens (tertiary/aromatic N) is 2. The standard InChI is InChI=1S/C25H34ClN3O5S/c1-6-22(25(31)27-3)28(17-19-11-8-7-10-18(19)2)24(30)12-9-15-29(35(5,32)33)20-13-14-23(34-4)21(26)16-20/h7-8,10-11,13-14,16,22H,6,9,12,15,17H2,1-5H3,(H,27,31). The van der Waals surface area contributed by atoms with E-state index in [-0.39, 0.29) is 36.2 Å². The molecule has 2 aromatic rings. The molecular weight excluding hydrogens is 490 g/mol. The monoisotopic (exact) mass is 523 g/mol. The number of ether oxygens (including phenoxy) is 1. The molecule has 0 aromatic heterocycles. The molecule has 2 rings (SSSR count). The minimum atomic E-state index is -3.62. The van der Waals surface area contributed by atoms with Crippen molar-refractivity contribution in [3.8, 4) is 5.75 Å². The highest BCUT2D eigenvalue weighted by molar-refractivity contribution is 7.92. The number of carbonyl (C=O) groups excluding carboxylic acids is 2. The minimum Gasteiger partial charge on any atom is -0.495 e. The first kappa shape index (κ1) is 28.5. The van der Waals surface area contributed by atoms with Crippen LogP contribution >= 0.6 is 11.6 Å². The summed E-state index contributed by atoms with van der Waals surface area (Å²) in [5.41, 5.74) is 2.37. The van der Waals surface area contributed by atoms with Crippen molar-refractivity contribution in [2.75, 3.05) is 31.3 Å². The number of anilines is 1. The van der Waals surface area contributed by atoms with E-state index in [2.05, 4.69) is 5.32 Å². The van der Waals surface area contributed by atoms with Crippen molar-refractivity contribution >= 4 is 39.1 Å². The molecule has 1 N–H and O–H groups in total.